The third-order valence-corrected chi connectivity index (χ3v) is 4.21. The highest BCUT2D eigenvalue weighted by Crippen LogP contribution is 2.38. The van der Waals surface area contributed by atoms with Crippen LogP contribution in [-0.2, 0) is 11.2 Å². The molecule has 3 aromatic rings. The lowest BCUT2D eigenvalue weighted by Crippen LogP contribution is -2.14. The van der Waals surface area contributed by atoms with Gasteiger partial charge in [0.15, 0.2) is 11.5 Å². The van der Waals surface area contributed by atoms with Gasteiger partial charge in [-0.1, -0.05) is 12.1 Å². The molecule has 1 heterocycles. The van der Waals surface area contributed by atoms with E-state index in [0.717, 1.165) is 11.1 Å². The van der Waals surface area contributed by atoms with Crippen LogP contribution in [0.2, 0.25) is 0 Å². The van der Waals surface area contributed by atoms with Crippen molar-refractivity contribution < 1.29 is 19.0 Å². The number of aromatic nitrogens is 2. The summed E-state index contributed by atoms with van der Waals surface area (Å²) in [5.41, 5.74) is 2.43. The van der Waals surface area contributed by atoms with Crippen LogP contribution in [0.4, 0.5) is 5.69 Å². The number of H-pyrrole nitrogens is 1. The summed E-state index contributed by atoms with van der Waals surface area (Å²) in [7, 11) is 4.58. The summed E-state index contributed by atoms with van der Waals surface area (Å²) in [6, 6.07) is 13.7. The van der Waals surface area contributed by atoms with Crippen LogP contribution in [0, 0.1) is 0 Å². The van der Waals surface area contributed by atoms with Crippen molar-refractivity contribution in [1.29, 1.82) is 0 Å². The Kier molecular flexibility index (Phi) is 6.13. The SMILES string of the molecule is COc1cc(CC(=O)Nc2cccc(-c3ccc(=O)[nH]n3)c2)cc(OC)c1OC. The molecule has 0 fully saturated rings. The second-order valence-electron chi connectivity index (χ2n) is 6.15. The van der Waals surface area contributed by atoms with Gasteiger partial charge in [0, 0.05) is 17.3 Å². The third-order valence-electron chi connectivity index (χ3n) is 4.21. The maximum atomic E-state index is 12.5. The first kappa shape index (κ1) is 19.9. The van der Waals surface area contributed by atoms with Crippen molar-refractivity contribution in [1.82, 2.24) is 10.2 Å². The van der Waals surface area contributed by atoms with Gasteiger partial charge in [-0.3, -0.25) is 9.59 Å². The molecule has 1 aromatic heterocycles. The van der Waals surface area contributed by atoms with Gasteiger partial charge in [0.05, 0.1) is 33.4 Å². The minimum absolute atomic E-state index is 0.123. The van der Waals surface area contributed by atoms with Crippen LogP contribution >= 0.6 is 0 Å². The molecular weight excluding hydrogens is 374 g/mol. The van der Waals surface area contributed by atoms with Crippen molar-refractivity contribution in [2.24, 2.45) is 0 Å². The van der Waals surface area contributed by atoms with Gasteiger partial charge in [0.25, 0.3) is 5.56 Å². The number of aromatic amines is 1. The molecule has 0 radical (unpaired) electrons. The number of nitrogens with zero attached hydrogens (tertiary/aromatic N) is 1. The van der Waals surface area contributed by atoms with Crippen molar-refractivity contribution in [2.75, 3.05) is 26.6 Å². The Hall–Kier alpha value is -3.81. The van der Waals surface area contributed by atoms with E-state index < -0.39 is 0 Å². The number of amides is 1. The van der Waals surface area contributed by atoms with E-state index in [4.69, 9.17) is 14.2 Å². The molecule has 8 heteroatoms. The van der Waals surface area contributed by atoms with Crippen LogP contribution in [0.3, 0.4) is 0 Å². The second kappa shape index (κ2) is 8.92. The summed E-state index contributed by atoms with van der Waals surface area (Å²) in [6.07, 6.45) is 0.123. The van der Waals surface area contributed by atoms with E-state index in [1.54, 1.807) is 36.4 Å². The first-order chi connectivity index (χ1) is 14.0. The number of rotatable bonds is 7. The number of nitrogens with one attached hydrogen (secondary N) is 2. The van der Waals surface area contributed by atoms with E-state index >= 15 is 0 Å². The lowest BCUT2D eigenvalue weighted by atomic mass is 10.1. The maximum absolute atomic E-state index is 12.5. The van der Waals surface area contributed by atoms with Crippen LogP contribution in [0.5, 0.6) is 17.2 Å². The van der Waals surface area contributed by atoms with Gasteiger partial charge in [-0.05, 0) is 35.9 Å². The molecule has 0 saturated carbocycles. The summed E-state index contributed by atoms with van der Waals surface area (Å²) in [4.78, 5) is 23.7. The fraction of sp³-hybridized carbons (Fsp3) is 0.190. The molecule has 1 amide bonds. The molecule has 0 spiro atoms. The molecule has 150 valence electrons. The van der Waals surface area contributed by atoms with E-state index in [1.165, 1.54) is 27.4 Å². The van der Waals surface area contributed by atoms with Crippen LogP contribution in [0.15, 0.2) is 53.3 Å². The molecular formula is C21H21N3O5. The zero-order valence-electron chi connectivity index (χ0n) is 16.3. The summed E-state index contributed by atoms with van der Waals surface area (Å²) < 4.78 is 15.9. The van der Waals surface area contributed by atoms with Gasteiger partial charge in [0.1, 0.15) is 0 Å². The van der Waals surface area contributed by atoms with E-state index in [2.05, 4.69) is 15.5 Å². The molecule has 3 rings (SSSR count). The van der Waals surface area contributed by atoms with Crippen molar-refractivity contribution in [3.05, 3.63) is 64.4 Å². The predicted molar refractivity (Wildman–Crippen MR) is 109 cm³/mol. The number of ether oxygens (including phenoxy) is 3. The van der Waals surface area contributed by atoms with Crippen LogP contribution in [-0.4, -0.2) is 37.4 Å². The second-order valence-corrected chi connectivity index (χ2v) is 6.15. The molecule has 0 atom stereocenters. The van der Waals surface area contributed by atoms with E-state index in [0.29, 0.717) is 28.6 Å². The average Bonchev–Trinajstić information content (AvgIpc) is 2.73. The Balaban J connectivity index is 1.77. The number of methoxy groups -OCH3 is 3. The number of carbonyl (C=O) groups is 1. The smallest absolute Gasteiger partial charge is 0.264 e. The number of anilines is 1. The number of carbonyl (C=O) groups excluding carboxylic acids is 1. The molecule has 0 aliphatic heterocycles. The Bertz CT molecular complexity index is 1030. The molecule has 8 nitrogen and oxygen atoms in total. The van der Waals surface area contributed by atoms with E-state index in [1.807, 2.05) is 6.07 Å². The quantitative estimate of drug-likeness (QED) is 0.638. The summed E-state index contributed by atoms with van der Waals surface area (Å²) in [5, 5.41) is 9.26. The van der Waals surface area contributed by atoms with Gasteiger partial charge < -0.3 is 19.5 Å². The third kappa shape index (κ3) is 4.73. The number of hydrogen-bond donors (Lipinski definition) is 2. The molecule has 2 N–H and O–H groups in total. The molecule has 29 heavy (non-hydrogen) atoms. The highest BCUT2D eigenvalue weighted by atomic mass is 16.5. The molecule has 0 bridgehead atoms. The molecule has 2 aromatic carbocycles. The predicted octanol–water partition coefficient (Wildman–Crippen LogP) is 2.64. The fourth-order valence-electron chi connectivity index (χ4n) is 2.89. The Morgan fingerprint density at radius 3 is 2.31 bits per heavy atom. The summed E-state index contributed by atoms with van der Waals surface area (Å²) in [6.45, 7) is 0. The first-order valence-electron chi connectivity index (χ1n) is 8.79. The largest absolute Gasteiger partial charge is 0.493 e. The zero-order chi connectivity index (χ0) is 20.8. The minimum atomic E-state index is -0.274. The summed E-state index contributed by atoms with van der Waals surface area (Å²) in [5.74, 6) is 1.24. The van der Waals surface area contributed by atoms with Gasteiger partial charge >= 0.3 is 0 Å². The van der Waals surface area contributed by atoms with Gasteiger partial charge in [-0.25, -0.2) is 5.10 Å². The standard InChI is InChI=1S/C21H21N3O5/c1-27-17-9-13(10-18(28-2)21(17)29-3)11-20(26)22-15-6-4-5-14(12-15)16-7-8-19(25)24-23-16/h4-10,12H,11H2,1-3H3,(H,22,26)(H,24,25). The highest BCUT2D eigenvalue weighted by molar-refractivity contribution is 5.93. The van der Waals surface area contributed by atoms with Crippen molar-refractivity contribution in [3.8, 4) is 28.5 Å². The highest BCUT2D eigenvalue weighted by Gasteiger charge is 2.15. The topological polar surface area (TPSA) is 103 Å². The van der Waals surface area contributed by atoms with Gasteiger partial charge in [0.2, 0.25) is 11.7 Å². The molecule has 0 unspecified atom stereocenters. The Morgan fingerprint density at radius 1 is 1.00 bits per heavy atom. The van der Waals surface area contributed by atoms with Gasteiger partial charge in [-0.15, -0.1) is 0 Å². The Morgan fingerprint density at radius 2 is 1.72 bits per heavy atom. The fourth-order valence-corrected chi connectivity index (χ4v) is 2.89. The summed E-state index contributed by atoms with van der Waals surface area (Å²) >= 11 is 0. The van der Waals surface area contributed by atoms with E-state index in [-0.39, 0.29) is 17.9 Å². The van der Waals surface area contributed by atoms with Crippen LogP contribution in [0.1, 0.15) is 5.56 Å². The van der Waals surface area contributed by atoms with Crippen molar-refractivity contribution >= 4 is 11.6 Å². The van der Waals surface area contributed by atoms with Gasteiger partial charge in [-0.2, -0.15) is 5.10 Å². The Labute approximate surface area is 167 Å². The van der Waals surface area contributed by atoms with Crippen molar-refractivity contribution in [3.63, 3.8) is 0 Å². The zero-order valence-corrected chi connectivity index (χ0v) is 16.3. The van der Waals surface area contributed by atoms with Crippen LogP contribution < -0.4 is 25.1 Å². The number of benzene rings is 2. The normalized spacial score (nSPS) is 10.3. The first-order valence-corrected chi connectivity index (χ1v) is 8.79. The molecule has 0 aliphatic rings. The molecule has 0 aliphatic carbocycles. The lowest BCUT2D eigenvalue weighted by Gasteiger charge is -2.14. The monoisotopic (exact) mass is 395 g/mol. The maximum Gasteiger partial charge on any atom is 0.264 e. The minimum Gasteiger partial charge on any atom is -0.493 e. The van der Waals surface area contributed by atoms with Crippen molar-refractivity contribution in [2.45, 2.75) is 6.42 Å². The lowest BCUT2D eigenvalue weighted by molar-refractivity contribution is -0.115. The number of hydrogen-bond acceptors (Lipinski definition) is 6. The average molecular weight is 395 g/mol. The van der Waals surface area contributed by atoms with Crippen LogP contribution in [0.25, 0.3) is 11.3 Å². The molecule has 0 saturated heterocycles. The van der Waals surface area contributed by atoms with E-state index in [9.17, 15) is 9.59 Å².